The van der Waals surface area contributed by atoms with Gasteiger partial charge in [0.25, 0.3) is 0 Å². The zero-order valence-corrected chi connectivity index (χ0v) is 11.2. The van der Waals surface area contributed by atoms with Crippen LogP contribution in [-0.4, -0.2) is 4.98 Å². The molecule has 0 aliphatic heterocycles. The standard InChI is InChI=1S/C10H4BrClF3NS/c11-9-16-8(4-17-9)5-1-2-7(12)6(3-5)10(13,14)15/h1-4H. The molecular formula is C10H4BrClF3NS. The van der Waals surface area contributed by atoms with Crippen molar-refractivity contribution in [3.63, 3.8) is 0 Å². The van der Waals surface area contributed by atoms with Gasteiger partial charge in [0.05, 0.1) is 16.3 Å². The van der Waals surface area contributed by atoms with Crippen molar-refractivity contribution in [3.05, 3.63) is 38.1 Å². The number of hydrogen-bond acceptors (Lipinski definition) is 2. The van der Waals surface area contributed by atoms with Gasteiger partial charge < -0.3 is 0 Å². The van der Waals surface area contributed by atoms with Crippen LogP contribution >= 0.6 is 38.9 Å². The summed E-state index contributed by atoms with van der Waals surface area (Å²) in [5.41, 5.74) is 0.0357. The molecule has 0 N–H and O–H groups in total. The van der Waals surface area contributed by atoms with Crippen molar-refractivity contribution in [1.82, 2.24) is 4.98 Å². The Hall–Kier alpha value is -0.590. The van der Waals surface area contributed by atoms with Crippen LogP contribution in [0, 0.1) is 0 Å². The van der Waals surface area contributed by atoms with Crippen LogP contribution in [-0.2, 0) is 6.18 Å². The van der Waals surface area contributed by atoms with E-state index in [9.17, 15) is 13.2 Å². The quantitative estimate of drug-likeness (QED) is 0.690. The fourth-order valence-corrected chi connectivity index (χ4v) is 2.53. The molecule has 0 bridgehead atoms. The van der Waals surface area contributed by atoms with Crippen molar-refractivity contribution in [1.29, 1.82) is 0 Å². The molecule has 0 atom stereocenters. The predicted molar refractivity (Wildman–Crippen MR) is 65.3 cm³/mol. The second kappa shape index (κ2) is 4.59. The Morgan fingerprint density at radius 3 is 2.53 bits per heavy atom. The van der Waals surface area contributed by atoms with Gasteiger partial charge in [0.1, 0.15) is 0 Å². The highest BCUT2D eigenvalue weighted by molar-refractivity contribution is 9.11. The fourth-order valence-electron chi connectivity index (χ4n) is 1.29. The van der Waals surface area contributed by atoms with Gasteiger partial charge in [-0.1, -0.05) is 17.7 Å². The van der Waals surface area contributed by atoms with Gasteiger partial charge in [-0.15, -0.1) is 11.3 Å². The smallest absolute Gasteiger partial charge is 0.229 e. The minimum Gasteiger partial charge on any atom is -0.229 e. The molecule has 0 radical (unpaired) electrons. The highest BCUT2D eigenvalue weighted by Crippen LogP contribution is 2.37. The van der Waals surface area contributed by atoms with E-state index < -0.39 is 11.7 Å². The third-order valence-corrected chi connectivity index (χ3v) is 3.74. The van der Waals surface area contributed by atoms with E-state index in [0.29, 0.717) is 15.2 Å². The molecule has 0 spiro atoms. The van der Waals surface area contributed by atoms with Crippen molar-refractivity contribution in [2.45, 2.75) is 6.18 Å². The molecule has 0 aliphatic carbocycles. The maximum atomic E-state index is 12.6. The molecule has 2 aromatic rings. The number of alkyl halides is 3. The maximum Gasteiger partial charge on any atom is 0.417 e. The number of hydrogen-bond donors (Lipinski definition) is 0. The van der Waals surface area contributed by atoms with Crippen molar-refractivity contribution in [3.8, 4) is 11.3 Å². The molecule has 1 nitrogen and oxygen atoms in total. The summed E-state index contributed by atoms with van der Waals surface area (Å²) in [6.07, 6.45) is -4.46. The number of rotatable bonds is 1. The summed E-state index contributed by atoms with van der Waals surface area (Å²) in [5, 5.41) is 1.36. The van der Waals surface area contributed by atoms with Crippen LogP contribution < -0.4 is 0 Å². The minimum absolute atomic E-state index is 0.310. The Morgan fingerprint density at radius 2 is 2.00 bits per heavy atom. The zero-order valence-electron chi connectivity index (χ0n) is 8.05. The molecule has 90 valence electrons. The summed E-state index contributed by atoms with van der Waals surface area (Å²) in [4.78, 5) is 4.06. The Bertz CT molecular complexity index is 553. The van der Waals surface area contributed by atoms with Gasteiger partial charge in [-0.2, -0.15) is 13.2 Å². The first kappa shape index (κ1) is 12.9. The Morgan fingerprint density at radius 1 is 1.29 bits per heavy atom. The SMILES string of the molecule is FC(F)(F)c1cc(-c2csc(Br)n2)ccc1Cl. The fraction of sp³-hybridized carbons (Fsp3) is 0.100. The van der Waals surface area contributed by atoms with Crippen LogP contribution in [0.5, 0.6) is 0 Å². The van der Waals surface area contributed by atoms with E-state index in [-0.39, 0.29) is 5.02 Å². The predicted octanol–water partition coefficient (Wildman–Crippen LogP) is 5.24. The largest absolute Gasteiger partial charge is 0.417 e. The number of halogens is 5. The van der Waals surface area contributed by atoms with Gasteiger partial charge in [-0.25, -0.2) is 4.98 Å². The summed E-state index contributed by atoms with van der Waals surface area (Å²) in [6.45, 7) is 0. The van der Waals surface area contributed by atoms with Crippen LogP contribution in [0.4, 0.5) is 13.2 Å². The van der Waals surface area contributed by atoms with Crippen LogP contribution in [0.15, 0.2) is 27.5 Å². The van der Waals surface area contributed by atoms with Crippen molar-refractivity contribution < 1.29 is 13.2 Å². The van der Waals surface area contributed by atoms with E-state index in [1.165, 1.54) is 23.5 Å². The first-order valence-electron chi connectivity index (χ1n) is 4.36. The van der Waals surface area contributed by atoms with E-state index in [1.54, 1.807) is 5.38 Å². The van der Waals surface area contributed by atoms with E-state index in [1.807, 2.05) is 0 Å². The van der Waals surface area contributed by atoms with Gasteiger partial charge in [0, 0.05) is 10.9 Å². The number of benzene rings is 1. The molecule has 0 saturated heterocycles. The lowest BCUT2D eigenvalue weighted by atomic mass is 10.1. The molecule has 1 aromatic heterocycles. The summed E-state index contributed by atoms with van der Waals surface area (Å²) >= 11 is 10.00. The third kappa shape index (κ3) is 2.81. The third-order valence-electron chi connectivity index (χ3n) is 2.04. The molecule has 0 aliphatic rings. The average molecular weight is 343 g/mol. The summed E-state index contributed by atoms with van der Waals surface area (Å²) < 4.78 is 38.5. The van der Waals surface area contributed by atoms with Crippen molar-refractivity contribution in [2.24, 2.45) is 0 Å². The van der Waals surface area contributed by atoms with Gasteiger partial charge in [-0.05, 0) is 28.1 Å². The highest BCUT2D eigenvalue weighted by atomic mass is 79.9. The lowest BCUT2D eigenvalue weighted by molar-refractivity contribution is -0.137. The minimum atomic E-state index is -4.46. The maximum absolute atomic E-state index is 12.6. The van der Waals surface area contributed by atoms with E-state index >= 15 is 0 Å². The molecule has 2 rings (SSSR count). The first-order chi connectivity index (χ1) is 7.88. The molecule has 0 unspecified atom stereocenters. The number of thiazole rings is 1. The molecule has 17 heavy (non-hydrogen) atoms. The highest BCUT2D eigenvalue weighted by Gasteiger charge is 2.33. The number of nitrogens with zero attached hydrogens (tertiary/aromatic N) is 1. The first-order valence-corrected chi connectivity index (χ1v) is 6.41. The Labute approximate surface area is 112 Å². The van der Waals surface area contributed by atoms with E-state index in [4.69, 9.17) is 11.6 Å². The Kier molecular flexibility index (Phi) is 3.47. The second-order valence-corrected chi connectivity index (χ2v) is 5.72. The lowest BCUT2D eigenvalue weighted by Crippen LogP contribution is -2.05. The summed E-state index contributed by atoms with van der Waals surface area (Å²) in [5.74, 6) is 0. The van der Waals surface area contributed by atoms with Crippen LogP contribution in [0.2, 0.25) is 5.02 Å². The van der Waals surface area contributed by atoms with Crippen molar-refractivity contribution in [2.75, 3.05) is 0 Å². The summed E-state index contributed by atoms with van der Waals surface area (Å²) in [6, 6.07) is 3.75. The van der Waals surface area contributed by atoms with Gasteiger partial charge in [0.15, 0.2) is 3.92 Å². The van der Waals surface area contributed by atoms with Crippen LogP contribution in [0.3, 0.4) is 0 Å². The van der Waals surface area contributed by atoms with E-state index in [0.717, 1.165) is 6.07 Å². The Balaban J connectivity index is 2.51. The topological polar surface area (TPSA) is 12.9 Å². The van der Waals surface area contributed by atoms with Gasteiger partial charge in [-0.3, -0.25) is 0 Å². The zero-order chi connectivity index (χ0) is 12.6. The van der Waals surface area contributed by atoms with Gasteiger partial charge in [0.2, 0.25) is 0 Å². The monoisotopic (exact) mass is 341 g/mol. The van der Waals surface area contributed by atoms with Crippen LogP contribution in [0.25, 0.3) is 11.3 Å². The molecule has 0 amide bonds. The average Bonchev–Trinajstić information content (AvgIpc) is 2.64. The van der Waals surface area contributed by atoms with Gasteiger partial charge >= 0.3 is 6.18 Å². The molecule has 7 heteroatoms. The second-order valence-electron chi connectivity index (χ2n) is 3.18. The molecule has 1 heterocycles. The van der Waals surface area contributed by atoms with Crippen LogP contribution in [0.1, 0.15) is 5.56 Å². The molecule has 1 aromatic carbocycles. The lowest BCUT2D eigenvalue weighted by Gasteiger charge is -2.09. The molecule has 0 saturated carbocycles. The normalized spacial score (nSPS) is 11.8. The summed E-state index contributed by atoms with van der Waals surface area (Å²) in [7, 11) is 0. The molecule has 0 fully saturated rings. The van der Waals surface area contributed by atoms with Crippen molar-refractivity contribution >= 4 is 38.9 Å². The number of aromatic nitrogens is 1. The van der Waals surface area contributed by atoms with E-state index in [2.05, 4.69) is 20.9 Å². The molecular weight excluding hydrogens is 339 g/mol.